The second kappa shape index (κ2) is 7.73. The highest BCUT2D eigenvalue weighted by Crippen LogP contribution is 2.25. The topological polar surface area (TPSA) is 85.1 Å². The lowest BCUT2D eigenvalue weighted by atomic mass is 10.3. The number of aryl methyl sites for hydroxylation is 1. The first-order valence-corrected chi connectivity index (χ1v) is 7.95. The number of rotatable bonds is 6. The Hall–Kier alpha value is -2.41. The highest BCUT2D eigenvalue weighted by atomic mass is 32.2. The van der Waals surface area contributed by atoms with Crippen molar-refractivity contribution >= 4 is 23.4 Å². The Morgan fingerprint density at radius 3 is 2.61 bits per heavy atom. The number of non-ortho nitro benzene ring substituents is 1. The van der Waals surface area contributed by atoms with E-state index in [1.165, 1.54) is 23.9 Å². The van der Waals surface area contributed by atoms with Gasteiger partial charge in [-0.3, -0.25) is 19.9 Å². The third-order valence-corrected chi connectivity index (χ3v) is 4.23. The van der Waals surface area contributed by atoms with Crippen molar-refractivity contribution in [2.24, 2.45) is 0 Å². The Labute approximate surface area is 138 Å². The van der Waals surface area contributed by atoms with Gasteiger partial charge in [-0.05, 0) is 38.1 Å². The summed E-state index contributed by atoms with van der Waals surface area (Å²) in [6.07, 6.45) is 0. The number of thioether (sulfide) groups is 1. The Balaban J connectivity index is 1.88. The zero-order valence-corrected chi connectivity index (χ0v) is 13.7. The van der Waals surface area contributed by atoms with Crippen LogP contribution in [-0.2, 0) is 11.3 Å². The van der Waals surface area contributed by atoms with Crippen molar-refractivity contribution in [1.29, 1.82) is 0 Å². The van der Waals surface area contributed by atoms with Crippen LogP contribution in [0.5, 0.6) is 0 Å². The molecule has 1 heterocycles. The second-order valence-electron chi connectivity index (χ2n) is 5.00. The van der Waals surface area contributed by atoms with Crippen molar-refractivity contribution in [1.82, 2.24) is 10.3 Å². The van der Waals surface area contributed by atoms with E-state index in [1.807, 2.05) is 25.1 Å². The predicted molar refractivity (Wildman–Crippen MR) is 89.2 cm³/mol. The molecule has 1 aromatic carbocycles. The van der Waals surface area contributed by atoms with Crippen LogP contribution >= 0.6 is 11.8 Å². The Bertz CT molecular complexity index is 704. The van der Waals surface area contributed by atoms with E-state index in [2.05, 4.69) is 10.3 Å². The normalized spacial score (nSPS) is 11.7. The minimum Gasteiger partial charge on any atom is -0.349 e. The zero-order chi connectivity index (χ0) is 16.8. The summed E-state index contributed by atoms with van der Waals surface area (Å²) >= 11 is 1.36. The number of nitrogens with one attached hydrogen (secondary N) is 1. The van der Waals surface area contributed by atoms with Gasteiger partial charge in [-0.15, -0.1) is 11.8 Å². The minimum absolute atomic E-state index is 0.0389. The molecule has 0 fully saturated rings. The smallest absolute Gasteiger partial charge is 0.269 e. The van der Waals surface area contributed by atoms with Gasteiger partial charge in [0.05, 0.1) is 22.4 Å². The molecule has 1 aromatic heterocycles. The summed E-state index contributed by atoms with van der Waals surface area (Å²) in [6, 6.07) is 11.8. The minimum atomic E-state index is -0.445. The van der Waals surface area contributed by atoms with E-state index in [0.29, 0.717) is 6.54 Å². The molecule has 0 aliphatic rings. The summed E-state index contributed by atoms with van der Waals surface area (Å²) in [5.74, 6) is -0.100. The van der Waals surface area contributed by atoms with Crippen LogP contribution in [-0.4, -0.2) is 21.1 Å². The average molecular weight is 331 g/mol. The van der Waals surface area contributed by atoms with E-state index in [-0.39, 0.29) is 16.8 Å². The summed E-state index contributed by atoms with van der Waals surface area (Å²) in [6.45, 7) is 4.08. The van der Waals surface area contributed by atoms with Crippen LogP contribution in [0.25, 0.3) is 0 Å². The van der Waals surface area contributed by atoms with Gasteiger partial charge in [0.15, 0.2) is 0 Å². The molecule has 1 unspecified atom stereocenters. The molecule has 0 bridgehead atoms. The molecule has 0 radical (unpaired) electrons. The van der Waals surface area contributed by atoms with E-state index in [0.717, 1.165) is 16.3 Å². The molecule has 120 valence electrons. The first-order chi connectivity index (χ1) is 11.0. The number of pyridine rings is 1. The van der Waals surface area contributed by atoms with Crippen molar-refractivity contribution in [2.45, 2.75) is 30.5 Å². The maximum atomic E-state index is 12.1. The number of benzene rings is 1. The fourth-order valence-corrected chi connectivity index (χ4v) is 2.82. The highest BCUT2D eigenvalue weighted by Gasteiger charge is 2.15. The predicted octanol–water partition coefficient (Wildman–Crippen LogP) is 3.10. The maximum Gasteiger partial charge on any atom is 0.269 e. The number of carbonyl (C=O) groups excluding carboxylic acids is 1. The average Bonchev–Trinajstić information content (AvgIpc) is 2.53. The Kier molecular flexibility index (Phi) is 5.70. The molecule has 2 aromatic rings. The van der Waals surface area contributed by atoms with Crippen molar-refractivity contribution in [3.8, 4) is 0 Å². The molecule has 0 spiro atoms. The van der Waals surface area contributed by atoms with Crippen molar-refractivity contribution in [2.75, 3.05) is 0 Å². The molecule has 6 nitrogen and oxygen atoms in total. The molecule has 0 saturated carbocycles. The number of nitro groups is 1. The SMILES string of the molecule is Cc1cccc(CNC(=O)C(C)Sc2ccc([N+](=O)[O-])cc2)n1. The largest absolute Gasteiger partial charge is 0.349 e. The lowest BCUT2D eigenvalue weighted by molar-refractivity contribution is -0.384. The molecule has 1 N–H and O–H groups in total. The summed E-state index contributed by atoms with van der Waals surface area (Å²) in [5.41, 5.74) is 1.76. The lowest BCUT2D eigenvalue weighted by Gasteiger charge is -2.12. The van der Waals surface area contributed by atoms with Crippen molar-refractivity contribution < 1.29 is 9.72 Å². The van der Waals surface area contributed by atoms with Gasteiger partial charge < -0.3 is 5.32 Å². The summed E-state index contributed by atoms with van der Waals surface area (Å²) < 4.78 is 0. The third kappa shape index (κ3) is 5.07. The van der Waals surface area contributed by atoms with Crippen LogP contribution in [0, 0.1) is 17.0 Å². The van der Waals surface area contributed by atoms with Crippen LogP contribution < -0.4 is 5.32 Å². The molecule has 7 heteroatoms. The number of amides is 1. The number of hydrogen-bond acceptors (Lipinski definition) is 5. The molecule has 0 saturated heterocycles. The van der Waals surface area contributed by atoms with E-state index in [1.54, 1.807) is 19.1 Å². The quantitative estimate of drug-likeness (QED) is 0.499. The van der Waals surface area contributed by atoms with Crippen LogP contribution in [0.1, 0.15) is 18.3 Å². The first-order valence-electron chi connectivity index (χ1n) is 7.07. The van der Waals surface area contributed by atoms with Crippen LogP contribution in [0.4, 0.5) is 5.69 Å². The molecular weight excluding hydrogens is 314 g/mol. The molecule has 0 aliphatic heterocycles. The first kappa shape index (κ1) is 17.0. The van der Waals surface area contributed by atoms with Gasteiger partial charge in [-0.25, -0.2) is 0 Å². The fourth-order valence-electron chi connectivity index (χ4n) is 1.92. The van der Waals surface area contributed by atoms with E-state index < -0.39 is 4.92 Å². The summed E-state index contributed by atoms with van der Waals surface area (Å²) in [7, 11) is 0. The van der Waals surface area contributed by atoms with Gasteiger partial charge in [-0.1, -0.05) is 6.07 Å². The molecular formula is C16H17N3O3S. The zero-order valence-electron chi connectivity index (χ0n) is 12.9. The summed E-state index contributed by atoms with van der Waals surface area (Å²) in [5, 5.41) is 13.2. The monoisotopic (exact) mass is 331 g/mol. The van der Waals surface area contributed by atoms with Gasteiger partial charge in [-0.2, -0.15) is 0 Å². The van der Waals surface area contributed by atoms with Crippen molar-refractivity contribution in [3.63, 3.8) is 0 Å². The molecule has 2 rings (SSSR count). The standard InChI is InChI=1S/C16H17N3O3S/c1-11-4-3-5-13(18-11)10-17-16(20)12(2)23-15-8-6-14(7-9-15)19(21)22/h3-9,12H,10H2,1-2H3,(H,17,20). The second-order valence-corrected chi connectivity index (χ2v) is 6.41. The Morgan fingerprint density at radius 2 is 2.00 bits per heavy atom. The number of nitro benzene ring substituents is 1. The van der Waals surface area contributed by atoms with E-state index in [9.17, 15) is 14.9 Å². The van der Waals surface area contributed by atoms with Crippen molar-refractivity contribution in [3.05, 3.63) is 64.0 Å². The van der Waals surface area contributed by atoms with Gasteiger partial charge >= 0.3 is 0 Å². The summed E-state index contributed by atoms with van der Waals surface area (Å²) in [4.78, 5) is 27.4. The Morgan fingerprint density at radius 1 is 1.30 bits per heavy atom. The third-order valence-electron chi connectivity index (χ3n) is 3.12. The molecule has 1 atom stereocenters. The molecule has 23 heavy (non-hydrogen) atoms. The number of nitrogens with zero attached hydrogens (tertiary/aromatic N) is 2. The van der Waals surface area contributed by atoms with Crippen LogP contribution in [0.3, 0.4) is 0 Å². The van der Waals surface area contributed by atoms with E-state index in [4.69, 9.17) is 0 Å². The van der Waals surface area contributed by atoms with Gasteiger partial charge in [0.2, 0.25) is 5.91 Å². The van der Waals surface area contributed by atoms with Crippen LogP contribution in [0.2, 0.25) is 0 Å². The fraction of sp³-hybridized carbons (Fsp3) is 0.250. The number of aromatic nitrogens is 1. The maximum absolute atomic E-state index is 12.1. The number of hydrogen-bond donors (Lipinski definition) is 1. The van der Waals surface area contributed by atoms with Gasteiger partial charge in [0.1, 0.15) is 0 Å². The van der Waals surface area contributed by atoms with E-state index >= 15 is 0 Å². The molecule has 1 amide bonds. The molecule has 0 aliphatic carbocycles. The van der Waals surface area contributed by atoms with Gasteiger partial charge in [0, 0.05) is 22.7 Å². The highest BCUT2D eigenvalue weighted by molar-refractivity contribution is 8.00. The van der Waals surface area contributed by atoms with Gasteiger partial charge in [0.25, 0.3) is 5.69 Å². The van der Waals surface area contributed by atoms with Crippen LogP contribution in [0.15, 0.2) is 47.4 Å². The lowest BCUT2D eigenvalue weighted by Crippen LogP contribution is -2.30. The number of carbonyl (C=O) groups is 1.